The summed E-state index contributed by atoms with van der Waals surface area (Å²) in [4.78, 5) is 28.8. The predicted molar refractivity (Wildman–Crippen MR) is 108 cm³/mol. The fraction of sp³-hybridized carbons (Fsp3) is 0.571. The first-order valence-corrected chi connectivity index (χ1v) is 10.3. The average molecular weight is 386 g/mol. The zero-order chi connectivity index (χ0) is 19.8. The molecule has 28 heavy (non-hydrogen) atoms. The first kappa shape index (κ1) is 20.3. The van der Waals surface area contributed by atoms with Crippen LogP contribution in [0.4, 0.5) is 0 Å². The molecule has 7 nitrogen and oxygen atoms in total. The average Bonchev–Trinajstić information content (AvgIpc) is 3.32. The quantitative estimate of drug-likeness (QED) is 0.613. The van der Waals surface area contributed by atoms with Gasteiger partial charge in [0.05, 0.1) is 17.1 Å². The van der Waals surface area contributed by atoms with Crippen molar-refractivity contribution < 1.29 is 14.3 Å². The molecule has 152 valence electrons. The third kappa shape index (κ3) is 5.55. The monoisotopic (exact) mass is 386 g/mol. The fourth-order valence-electron chi connectivity index (χ4n) is 3.51. The van der Waals surface area contributed by atoms with Crippen LogP contribution in [-0.2, 0) is 27.3 Å². The molecular weight excluding hydrogens is 356 g/mol. The van der Waals surface area contributed by atoms with E-state index in [0.717, 1.165) is 49.1 Å². The van der Waals surface area contributed by atoms with Crippen molar-refractivity contribution in [2.24, 2.45) is 0 Å². The molecule has 1 atom stereocenters. The Hall–Kier alpha value is -2.41. The van der Waals surface area contributed by atoms with Gasteiger partial charge < -0.3 is 19.9 Å². The van der Waals surface area contributed by atoms with E-state index in [2.05, 4.69) is 10.6 Å². The number of carbonyl (C=O) groups is 2. The molecule has 0 spiro atoms. The van der Waals surface area contributed by atoms with E-state index in [0.29, 0.717) is 25.9 Å². The third-order valence-corrected chi connectivity index (χ3v) is 4.96. The highest BCUT2D eigenvalue weighted by Gasteiger charge is 2.18. The second-order valence-electron chi connectivity index (χ2n) is 7.25. The van der Waals surface area contributed by atoms with Crippen molar-refractivity contribution in [2.45, 2.75) is 58.1 Å². The van der Waals surface area contributed by atoms with Gasteiger partial charge in [0, 0.05) is 32.5 Å². The zero-order valence-corrected chi connectivity index (χ0v) is 16.6. The lowest BCUT2D eigenvalue weighted by Crippen LogP contribution is -2.34. The standard InChI is InChI=1S/C21H30N4O3/c1-2-7-20(26)22-12-5-11-19-24-17-9-3-4-10-18(17)25(19)15-21(27)23-14-16-8-6-13-28-16/h3-4,9-10,16H,2,5-8,11-15H2,1H3,(H,22,26)(H,23,27). The van der Waals surface area contributed by atoms with Gasteiger partial charge in [-0.15, -0.1) is 0 Å². The van der Waals surface area contributed by atoms with Crippen LogP contribution in [0.15, 0.2) is 24.3 Å². The van der Waals surface area contributed by atoms with E-state index < -0.39 is 0 Å². The first-order chi connectivity index (χ1) is 13.7. The van der Waals surface area contributed by atoms with E-state index >= 15 is 0 Å². The van der Waals surface area contributed by atoms with E-state index in [1.54, 1.807) is 0 Å². The van der Waals surface area contributed by atoms with Crippen molar-refractivity contribution in [2.75, 3.05) is 19.7 Å². The molecule has 0 aliphatic carbocycles. The number of ether oxygens (including phenoxy) is 1. The highest BCUT2D eigenvalue weighted by Crippen LogP contribution is 2.17. The van der Waals surface area contributed by atoms with Crippen LogP contribution in [0.3, 0.4) is 0 Å². The van der Waals surface area contributed by atoms with Crippen molar-refractivity contribution in [1.82, 2.24) is 20.2 Å². The van der Waals surface area contributed by atoms with Crippen molar-refractivity contribution in [3.05, 3.63) is 30.1 Å². The van der Waals surface area contributed by atoms with Gasteiger partial charge in [-0.3, -0.25) is 9.59 Å². The molecule has 1 unspecified atom stereocenters. The van der Waals surface area contributed by atoms with Crippen molar-refractivity contribution in [3.63, 3.8) is 0 Å². The van der Waals surface area contributed by atoms with Gasteiger partial charge in [0.25, 0.3) is 0 Å². The van der Waals surface area contributed by atoms with Crippen LogP contribution in [0.2, 0.25) is 0 Å². The van der Waals surface area contributed by atoms with E-state index in [1.807, 2.05) is 35.8 Å². The number of rotatable bonds is 10. The van der Waals surface area contributed by atoms with Gasteiger partial charge in [0.2, 0.25) is 11.8 Å². The molecule has 1 aromatic carbocycles. The summed E-state index contributed by atoms with van der Waals surface area (Å²) in [6, 6.07) is 7.86. The maximum Gasteiger partial charge on any atom is 0.240 e. The molecule has 1 fully saturated rings. The molecule has 2 amide bonds. The van der Waals surface area contributed by atoms with Crippen LogP contribution in [0.5, 0.6) is 0 Å². The Morgan fingerprint density at radius 2 is 2.11 bits per heavy atom. The Morgan fingerprint density at radius 1 is 1.25 bits per heavy atom. The molecular formula is C21H30N4O3. The third-order valence-electron chi connectivity index (χ3n) is 4.96. The number of amides is 2. The molecule has 7 heteroatoms. The number of nitrogens with zero attached hydrogens (tertiary/aromatic N) is 2. The first-order valence-electron chi connectivity index (χ1n) is 10.3. The summed E-state index contributed by atoms with van der Waals surface area (Å²) < 4.78 is 7.55. The lowest BCUT2D eigenvalue weighted by atomic mass is 10.2. The number of carbonyl (C=O) groups excluding carboxylic acids is 2. The molecule has 0 bridgehead atoms. The molecule has 0 radical (unpaired) electrons. The van der Waals surface area contributed by atoms with Crippen molar-refractivity contribution >= 4 is 22.8 Å². The highest BCUT2D eigenvalue weighted by molar-refractivity contribution is 5.81. The molecule has 0 saturated carbocycles. The van der Waals surface area contributed by atoms with E-state index in [-0.39, 0.29) is 24.5 Å². The Labute approximate surface area is 165 Å². The zero-order valence-electron chi connectivity index (χ0n) is 16.6. The SMILES string of the molecule is CCCC(=O)NCCCc1nc2ccccc2n1CC(=O)NCC1CCCO1. The van der Waals surface area contributed by atoms with Crippen molar-refractivity contribution in [1.29, 1.82) is 0 Å². The van der Waals surface area contributed by atoms with Crippen LogP contribution < -0.4 is 10.6 Å². The lowest BCUT2D eigenvalue weighted by molar-refractivity contribution is -0.122. The summed E-state index contributed by atoms with van der Waals surface area (Å²) in [6.07, 6.45) is 5.10. The predicted octanol–water partition coefficient (Wildman–Crippen LogP) is 2.18. The van der Waals surface area contributed by atoms with Crippen LogP contribution in [0, 0.1) is 0 Å². The minimum Gasteiger partial charge on any atom is -0.376 e. The number of nitrogens with one attached hydrogen (secondary N) is 2. The summed E-state index contributed by atoms with van der Waals surface area (Å²) in [5.74, 6) is 0.930. The summed E-state index contributed by atoms with van der Waals surface area (Å²) in [5, 5.41) is 5.91. The molecule has 1 saturated heterocycles. The minimum atomic E-state index is -0.0313. The Balaban J connectivity index is 1.60. The molecule has 1 aliphatic rings. The molecule has 1 aliphatic heterocycles. The van der Waals surface area contributed by atoms with Gasteiger partial charge in [-0.2, -0.15) is 0 Å². The number of para-hydroxylation sites is 2. The molecule has 2 aromatic rings. The van der Waals surface area contributed by atoms with Crippen molar-refractivity contribution in [3.8, 4) is 0 Å². The molecule has 2 N–H and O–H groups in total. The number of hydrogen-bond donors (Lipinski definition) is 2. The molecule has 1 aromatic heterocycles. The van der Waals surface area contributed by atoms with E-state index in [1.165, 1.54) is 0 Å². The van der Waals surface area contributed by atoms with Crippen LogP contribution in [0.1, 0.15) is 44.9 Å². The Kier molecular flexibility index (Phi) is 7.42. The fourth-order valence-corrected chi connectivity index (χ4v) is 3.51. The summed E-state index contributed by atoms with van der Waals surface area (Å²) in [5.41, 5.74) is 1.85. The summed E-state index contributed by atoms with van der Waals surface area (Å²) in [6.45, 7) is 4.19. The van der Waals surface area contributed by atoms with E-state index in [4.69, 9.17) is 9.72 Å². The second-order valence-corrected chi connectivity index (χ2v) is 7.25. The number of aryl methyl sites for hydroxylation is 1. The van der Waals surface area contributed by atoms with Gasteiger partial charge in [0.15, 0.2) is 0 Å². The minimum absolute atomic E-state index is 0.0313. The van der Waals surface area contributed by atoms with Crippen LogP contribution in [0.25, 0.3) is 11.0 Å². The Morgan fingerprint density at radius 3 is 2.89 bits per heavy atom. The lowest BCUT2D eigenvalue weighted by Gasteiger charge is -2.13. The number of hydrogen-bond acceptors (Lipinski definition) is 4. The van der Waals surface area contributed by atoms with Gasteiger partial charge in [-0.05, 0) is 37.8 Å². The number of aromatic nitrogens is 2. The van der Waals surface area contributed by atoms with Gasteiger partial charge in [0.1, 0.15) is 12.4 Å². The van der Waals surface area contributed by atoms with Gasteiger partial charge >= 0.3 is 0 Å². The van der Waals surface area contributed by atoms with Gasteiger partial charge in [-0.1, -0.05) is 19.1 Å². The largest absolute Gasteiger partial charge is 0.376 e. The summed E-state index contributed by atoms with van der Waals surface area (Å²) in [7, 11) is 0. The maximum atomic E-state index is 12.5. The summed E-state index contributed by atoms with van der Waals surface area (Å²) >= 11 is 0. The van der Waals surface area contributed by atoms with Crippen LogP contribution in [-0.4, -0.2) is 47.2 Å². The molecule has 3 rings (SSSR count). The Bertz CT molecular complexity index is 796. The van der Waals surface area contributed by atoms with Gasteiger partial charge in [-0.25, -0.2) is 4.98 Å². The highest BCUT2D eigenvalue weighted by atomic mass is 16.5. The topological polar surface area (TPSA) is 85.2 Å². The number of imidazole rings is 1. The maximum absolute atomic E-state index is 12.5. The smallest absolute Gasteiger partial charge is 0.240 e. The van der Waals surface area contributed by atoms with E-state index in [9.17, 15) is 9.59 Å². The normalized spacial score (nSPS) is 16.4. The second kappa shape index (κ2) is 10.2. The number of fused-ring (bicyclic) bond motifs is 1. The van der Waals surface area contributed by atoms with Crippen LogP contribution >= 0.6 is 0 Å². The number of benzene rings is 1. The molecule has 2 heterocycles.